The summed E-state index contributed by atoms with van der Waals surface area (Å²) in [5.74, 6) is -0.681. The van der Waals surface area contributed by atoms with E-state index in [0.717, 1.165) is 29.4 Å². The molecular formula is C23H23FN2O3. The average Bonchev–Trinajstić information content (AvgIpc) is 2.75. The van der Waals surface area contributed by atoms with E-state index in [1.165, 1.54) is 12.1 Å². The van der Waals surface area contributed by atoms with Gasteiger partial charge < -0.3 is 15.2 Å². The fourth-order valence-electron chi connectivity index (χ4n) is 3.73. The van der Waals surface area contributed by atoms with Crippen molar-refractivity contribution in [3.63, 3.8) is 0 Å². The van der Waals surface area contributed by atoms with Crippen molar-refractivity contribution >= 4 is 16.7 Å². The van der Waals surface area contributed by atoms with Crippen LogP contribution in [0.3, 0.4) is 0 Å². The Balaban J connectivity index is 1.54. The van der Waals surface area contributed by atoms with Crippen molar-refractivity contribution in [2.45, 2.75) is 6.04 Å². The molecule has 29 heavy (non-hydrogen) atoms. The van der Waals surface area contributed by atoms with E-state index < -0.39 is 0 Å². The molecule has 3 aromatic rings. The van der Waals surface area contributed by atoms with E-state index in [2.05, 4.69) is 10.2 Å². The number of aromatic hydroxyl groups is 1. The van der Waals surface area contributed by atoms with Crippen LogP contribution in [0.1, 0.15) is 22.0 Å². The highest BCUT2D eigenvalue weighted by molar-refractivity contribution is 6.01. The second-order valence-electron chi connectivity index (χ2n) is 7.14. The summed E-state index contributed by atoms with van der Waals surface area (Å²) in [6.07, 6.45) is 0. The number of halogens is 1. The topological polar surface area (TPSA) is 61.8 Å². The molecule has 0 saturated carbocycles. The molecule has 4 rings (SSSR count). The van der Waals surface area contributed by atoms with Crippen LogP contribution in [0.4, 0.5) is 4.39 Å². The second kappa shape index (κ2) is 8.59. The van der Waals surface area contributed by atoms with E-state index in [4.69, 9.17) is 4.74 Å². The molecule has 1 aliphatic rings. The third kappa shape index (κ3) is 4.39. The van der Waals surface area contributed by atoms with Crippen LogP contribution in [0.25, 0.3) is 10.8 Å². The van der Waals surface area contributed by atoms with Crippen molar-refractivity contribution in [1.82, 2.24) is 10.2 Å². The molecule has 0 aliphatic carbocycles. The standard InChI is InChI=1S/C23H23FN2O3/c24-19-7-5-16(6-8-19)21(26-9-11-29-12-10-26)15-25-23(28)20-13-17-3-1-2-4-18(17)14-22(20)27/h1-8,13-14,21,27H,9-12,15H2,(H,25,28)/t21-/m1/s1. The Kier molecular flexibility index (Phi) is 5.74. The van der Waals surface area contributed by atoms with Crippen molar-refractivity contribution in [2.24, 2.45) is 0 Å². The number of hydrogen-bond donors (Lipinski definition) is 2. The van der Waals surface area contributed by atoms with Gasteiger partial charge in [-0.2, -0.15) is 0 Å². The van der Waals surface area contributed by atoms with Crippen LogP contribution in [0.2, 0.25) is 0 Å². The van der Waals surface area contributed by atoms with E-state index in [-0.39, 0.29) is 29.1 Å². The Morgan fingerprint density at radius 1 is 1.07 bits per heavy atom. The number of carbonyl (C=O) groups is 1. The number of phenols is 1. The maximum atomic E-state index is 13.4. The summed E-state index contributed by atoms with van der Waals surface area (Å²) in [4.78, 5) is 15.0. The Labute approximate surface area is 168 Å². The van der Waals surface area contributed by atoms with Gasteiger partial charge in [-0.05, 0) is 40.6 Å². The minimum Gasteiger partial charge on any atom is -0.507 e. The third-order valence-corrected chi connectivity index (χ3v) is 5.31. The van der Waals surface area contributed by atoms with Crippen LogP contribution in [-0.2, 0) is 4.74 Å². The SMILES string of the molecule is O=C(NC[C@H](c1ccc(F)cc1)N1CCOCC1)c1cc2ccccc2cc1O. The van der Waals surface area contributed by atoms with Gasteiger partial charge in [-0.1, -0.05) is 36.4 Å². The molecule has 6 heteroatoms. The van der Waals surface area contributed by atoms with Crippen LogP contribution in [-0.4, -0.2) is 48.8 Å². The molecular weight excluding hydrogens is 371 g/mol. The fourth-order valence-corrected chi connectivity index (χ4v) is 3.73. The van der Waals surface area contributed by atoms with Crippen LogP contribution in [0, 0.1) is 5.82 Å². The molecule has 1 aliphatic heterocycles. The number of nitrogens with zero attached hydrogens (tertiary/aromatic N) is 1. The number of phenolic OH excluding ortho intramolecular Hbond substituents is 1. The molecule has 0 unspecified atom stereocenters. The Morgan fingerprint density at radius 2 is 1.72 bits per heavy atom. The van der Waals surface area contributed by atoms with E-state index in [0.29, 0.717) is 19.8 Å². The largest absolute Gasteiger partial charge is 0.507 e. The van der Waals surface area contributed by atoms with Gasteiger partial charge in [-0.15, -0.1) is 0 Å². The summed E-state index contributed by atoms with van der Waals surface area (Å²) in [5, 5.41) is 15.0. The van der Waals surface area contributed by atoms with Crippen LogP contribution < -0.4 is 5.32 Å². The smallest absolute Gasteiger partial charge is 0.255 e. The first-order valence-corrected chi connectivity index (χ1v) is 9.69. The number of morpholine rings is 1. The number of amides is 1. The Hall–Kier alpha value is -2.96. The van der Waals surface area contributed by atoms with E-state index in [9.17, 15) is 14.3 Å². The van der Waals surface area contributed by atoms with Crippen molar-refractivity contribution in [3.05, 3.63) is 77.6 Å². The lowest BCUT2D eigenvalue weighted by molar-refractivity contribution is 0.0162. The van der Waals surface area contributed by atoms with Crippen LogP contribution >= 0.6 is 0 Å². The summed E-state index contributed by atoms with van der Waals surface area (Å²) in [5.41, 5.74) is 1.17. The lowest BCUT2D eigenvalue weighted by atomic mass is 10.0. The lowest BCUT2D eigenvalue weighted by Gasteiger charge is -2.35. The zero-order chi connectivity index (χ0) is 20.2. The average molecular weight is 394 g/mol. The summed E-state index contributed by atoms with van der Waals surface area (Å²) in [6.45, 7) is 3.06. The normalized spacial score (nSPS) is 15.9. The van der Waals surface area contributed by atoms with E-state index in [1.807, 2.05) is 24.3 Å². The Morgan fingerprint density at radius 3 is 2.41 bits per heavy atom. The zero-order valence-corrected chi connectivity index (χ0v) is 16.0. The quantitative estimate of drug-likeness (QED) is 0.696. The zero-order valence-electron chi connectivity index (χ0n) is 16.0. The van der Waals surface area contributed by atoms with Crippen molar-refractivity contribution in [3.8, 4) is 5.75 Å². The third-order valence-electron chi connectivity index (χ3n) is 5.31. The molecule has 5 nitrogen and oxygen atoms in total. The first kappa shape index (κ1) is 19.4. The molecule has 1 amide bonds. The minimum atomic E-state index is -0.339. The van der Waals surface area contributed by atoms with Gasteiger partial charge in [0.1, 0.15) is 11.6 Å². The second-order valence-corrected chi connectivity index (χ2v) is 7.14. The number of rotatable bonds is 5. The molecule has 1 heterocycles. The molecule has 0 radical (unpaired) electrons. The van der Waals surface area contributed by atoms with Gasteiger partial charge >= 0.3 is 0 Å². The van der Waals surface area contributed by atoms with E-state index in [1.54, 1.807) is 24.3 Å². The van der Waals surface area contributed by atoms with Gasteiger partial charge in [0, 0.05) is 19.6 Å². The lowest BCUT2D eigenvalue weighted by Crippen LogP contribution is -2.43. The van der Waals surface area contributed by atoms with Gasteiger partial charge in [0.2, 0.25) is 0 Å². The number of nitrogens with one attached hydrogen (secondary N) is 1. The highest BCUT2D eigenvalue weighted by Gasteiger charge is 2.24. The number of benzene rings is 3. The molecule has 1 atom stereocenters. The first-order valence-electron chi connectivity index (χ1n) is 9.69. The molecule has 0 bridgehead atoms. The molecule has 0 aromatic heterocycles. The predicted molar refractivity (Wildman–Crippen MR) is 109 cm³/mol. The summed E-state index contributed by atoms with van der Waals surface area (Å²) < 4.78 is 18.8. The molecule has 0 spiro atoms. The van der Waals surface area contributed by atoms with Crippen molar-refractivity contribution in [2.75, 3.05) is 32.8 Å². The minimum absolute atomic E-state index is 0.0501. The highest BCUT2D eigenvalue weighted by atomic mass is 19.1. The molecule has 3 aromatic carbocycles. The maximum absolute atomic E-state index is 13.4. The number of hydrogen-bond acceptors (Lipinski definition) is 4. The Bertz CT molecular complexity index is 1000. The highest BCUT2D eigenvalue weighted by Crippen LogP contribution is 2.26. The fraction of sp³-hybridized carbons (Fsp3) is 0.261. The number of ether oxygens (including phenoxy) is 1. The van der Waals surface area contributed by atoms with Gasteiger partial charge in [0.25, 0.3) is 5.91 Å². The maximum Gasteiger partial charge on any atom is 0.255 e. The van der Waals surface area contributed by atoms with E-state index >= 15 is 0 Å². The van der Waals surface area contributed by atoms with Gasteiger partial charge in [0.05, 0.1) is 24.8 Å². The number of fused-ring (bicyclic) bond motifs is 1. The van der Waals surface area contributed by atoms with Gasteiger partial charge in [-0.3, -0.25) is 9.69 Å². The molecule has 1 saturated heterocycles. The summed E-state index contributed by atoms with van der Waals surface area (Å²) in [6, 6.07) is 17.1. The first-order chi connectivity index (χ1) is 14.1. The van der Waals surface area contributed by atoms with Gasteiger partial charge in [-0.25, -0.2) is 4.39 Å². The monoisotopic (exact) mass is 394 g/mol. The number of carbonyl (C=O) groups excluding carboxylic acids is 1. The van der Waals surface area contributed by atoms with Gasteiger partial charge in [0.15, 0.2) is 0 Å². The van der Waals surface area contributed by atoms with Crippen LogP contribution in [0.15, 0.2) is 60.7 Å². The molecule has 1 fully saturated rings. The summed E-state index contributed by atoms with van der Waals surface area (Å²) in [7, 11) is 0. The van der Waals surface area contributed by atoms with Crippen LogP contribution in [0.5, 0.6) is 5.75 Å². The van der Waals surface area contributed by atoms with Crippen molar-refractivity contribution < 1.29 is 19.0 Å². The van der Waals surface area contributed by atoms with Crippen molar-refractivity contribution in [1.29, 1.82) is 0 Å². The summed E-state index contributed by atoms with van der Waals surface area (Å²) >= 11 is 0. The molecule has 150 valence electrons. The predicted octanol–water partition coefficient (Wildman–Crippen LogP) is 3.49. The molecule has 2 N–H and O–H groups in total.